The van der Waals surface area contributed by atoms with E-state index in [-0.39, 0.29) is 11.8 Å². The van der Waals surface area contributed by atoms with Crippen molar-refractivity contribution in [3.8, 4) is 0 Å². The molecule has 1 aliphatic rings. The SMILES string of the molecule is C=CCC(CC=C)C(=O)N1CCC(Cc2ccccc2C(=O)O)CC1. The van der Waals surface area contributed by atoms with Crippen LogP contribution in [-0.4, -0.2) is 35.0 Å². The third-order valence-corrected chi connectivity index (χ3v) is 4.93. The van der Waals surface area contributed by atoms with Crippen molar-refractivity contribution in [1.82, 2.24) is 4.90 Å². The number of carboxylic acid groups (broad SMARTS) is 1. The molecule has 25 heavy (non-hydrogen) atoms. The van der Waals surface area contributed by atoms with E-state index in [0.717, 1.165) is 37.9 Å². The van der Waals surface area contributed by atoms with Gasteiger partial charge >= 0.3 is 5.97 Å². The molecule has 1 N–H and O–H groups in total. The number of rotatable bonds is 8. The molecule has 1 aromatic rings. The summed E-state index contributed by atoms with van der Waals surface area (Å²) in [5, 5.41) is 9.30. The molecule has 1 amide bonds. The van der Waals surface area contributed by atoms with Crippen LogP contribution in [0.25, 0.3) is 0 Å². The lowest BCUT2D eigenvalue weighted by atomic mass is 9.87. The van der Waals surface area contributed by atoms with E-state index in [1.54, 1.807) is 24.3 Å². The second kappa shape index (κ2) is 9.21. The van der Waals surface area contributed by atoms with Crippen LogP contribution in [0.5, 0.6) is 0 Å². The smallest absolute Gasteiger partial charge is 0.335 e. The zero-order chi connectivity index (χ0) is 18.2. The summed E-state index contributed by atoms with van der Waals surface area (Å²) in [7, 11) is 0. The molecule has 134 valence electrons. The third kappa shape index (κ3) is 5.05. The fourth-order valence-electron chi connectivity index (χ4n) is 3.53. The maximum absolute atomic E-state index is 12.6. The topological polar surface area (TPSA) is 57.6 Å². The highest BCUT2D eigenvalue weighted by molar-refractivity contribution is 5.89. The van der Waals surface area contributed by atoms with Crippen LogP contribution in [-0.2, 0) is 11.2 Å². The molecule has 1 aromatic carbocycles. The van der Waals surface area contributed by atoms with Gasteiger partial charge in [0.05, 0.1) is 5.56 Å². The monoisotopic (exact) mass is 341 g/mol. The molecular formula is C21H27NO3. The van der Waals surface area contributed by atoms with Gasteiger partial charge in [0.1, 0.15) is 0 Å². The number of carbonyl (C=O) groups excluding carboxylic acids is 1. The van der Waals surface area contributed by atoms with Crippen LogP contribution in [0.4, 0.5) is 0 Å². The van der Waals surface area contributed by atoms with E-state index < -0.39 is 5.97 Å². The molecule has 0 atom stereocenters. The van der Waals surface area contributed by atoms with E-state index in [4.69, 9.17) is 0 Å². The number of allylic oxidation sites excluding steroid dienone is 2. The molecule has 4 nitrogen and oxygen atoms in total. The quantitative estimate of drug-likeness (QED) is 0.729. The van der Waals surface area contributed by atoms with Crippen molar-refractivity contribution in [3.63, 3.8) is 0 Å². The van der Waals surface area contributed by atoms with E-state index in [0.29, 0.717) is 24.3 Å². The summed E-state index contributed by atoms with van der Waals surface area (Å²) in [6.07, 6.45) is 7.52. The number of hydrogen-bond acceptors (Lipinski definition) is 2. The highest BCUT2D eigenvalue weighted by atomic mass is 16.4. The molecule has 0 aliphatic carbocycles. The zero-order valence-electron chi connectivity index (χ0n) is 14.7. The van der Waals surface area contributed by atoms with Crippen molar-refractivity contribution in [2.75, 3.05) is 13.1 Å². The van der Waals surface area contributed by atoms with Gasteiger partial charge in [0.2, 0.25) is 5.91 Å². The van der Waals surface area contributed by atoms with Crippen LogP contribution in [0.1, 0.15) is 41.6 Å². The van der Waals surface area contributed by atoms with Crippen molar-refractivity contribution in [2.24, 2.45) is 11.8 Å². The minimum Gasteiger partial charge on any atom is -0.478 e. The minimum absolute atomic E-state index is 0.0562. The maximum atomic E-state index is 12.6. The lowest BCUT2D eigenvalue weighted by molar-refractivity contribution is -0.136. The van der Waals surface area contributed by atoms with Gasteiger partial charge in [-0.3, -0.25) is 4.79 Å². The van der Waals surface area contributed by atoms with Crippen molar-refractivity contribution in [1.29, 1.82) is 0 Å². The third-order valence-electron chi connectivity index (χ3n) is 4.93. The molecule has 1 heterocycles. The van der Waals surface area contributed by atoms with Crippen molar-refractivity contribution < 1.29 is 14.7 Å². The number of nitrogens with zero attached hydrogens (tertiary/aromatic N) is 1. The Kier molecular flexibility index (Phi) is 6.99. The van der Waals surface area contributed by atoms with Crippen LogP contribution >= 0.6 is 0 Å². The fourth-order valence-corrected chi connectivity index (χ4v) is 3.53. The maximum Gasteiger partial charge on any atom is 0.335 e. The van der Waals surface area contributed by atoms with Gasteiger partial charge in [0.15, 0.2) is 0 Å². The predicted molar refractivity (Wildman–Crippen MR) is 99.5 cm³/mol. The molecule has 0 aromatic heterocycles. The van der Waals surface area contributed by atoms with Gasteiger partial charge in [-0.25, -0.2) is 4.79 Å². The van der Waals surface area contributed by atoms with Crippen molar-refractivity contribution in [3.05, 3.63) is 60.7 Å². The average molecular weight is 341 g/mol. The number of carbonyl (C=O) groups is 2. The molecule has 0 unspecified atom stereocenters. The second-order valence-corrected chi connectivity index (χ2v) is 6.68. The van der Waals surface area contributed by atoms with Gasteiger partial charge < -0.3 is 10.0 Å². The molecule has 1 aliphatic heterocycles. The van der Waals surface area contributed by atoms with E-state index >= 15 is 0 Å². The molecule has 4 heteroatoms. The van der Waals surface area contributed by atoms with Crippen LogP contribution < -0.4 is 0 Å². The van der Waals surface area contributed by atoms with Gasteiger partial charge in [-0.1, -0.05) is 30.4 Å². The van der Waals surface area contributed by atoms with Gasteiger partial charge in [-0.15, -0.1) is 13.2 Å². The number of likely N-dealkylation sites (tertiary alicyclic amines) is 1. The number of piperidine rings is 1. The largest absolute Gasteiger partial charge is 0.478 e. The molecule has 1 fully saturated rings. The average Bonchev–Trinajstić information content (AvgIpc) is 2.62. The van der Waals surface area contributed by atoms with Gasteiger partial charge in [-0.05, 0) is 49.7 Å². The zero-order valence-corrected chi connectivity index (χ0v) is 14.7. The standard InChI is InChI=1S/C21H27NO3/c1-3-7-17(8-4-2)20(23)22-13-11-16(12-14-22)15-18-9-5-6-10-19(18)21(24)25/h3-6,9-10,16-17H,1-2,7-8,11-15H2,(H,24,25). The molecule has 2 rings (SSSR count). The van der Waals surface area contributed by atoms with Crippen molar-refractivity contribution in [2.45, 2.75) is 32.1 Å². The normalized spacial score (nSPS) is 15.2. The Morgan fingerprint density at radius 1 is 1.16 bits per heavy atom. The van der Waals surface area contributed by atoms with E-state index in [1.165, 1.54) is 0 Å². The number of hydrogen-bond donors (Lipinski definition) is 1. The van der Waals surface area contributed by atoms with Crippen LogP contribution in [0.3, 0.4) is 0 Å². The molecule has 1 saturated heterocycles. The Labute approximate surface area is 149 Å². The van der Waals surface area contributed by atoms with E-state index in [9.17, 15) is 14.7 Å². The number of amides is 1. The first-order valence-corrected chi connectivity index (χ1v) is 8.88. The Bertz CT molecular complexity index is 620. The summed E-state index contributed by atoms with van der Waals surface area (Å²) in [4.78, 5) is 25.9. The summed E-state index contributed by atoms with van der Waals surface area (Å²) in [6.45, 7) is 8.96. The van der Waals surface area contributed by atoms with Gasteiger partial charge in [0, 0.05) is 19.0 Å². The highest BCUT2D eigenvalue weighted by Gasteiger charge is 2.27. The Balaban J connectivity index is 1.93. The number of benzene rings is 1. The lowest BCUT2D eigenvalue weighted by Crippen LogP contribution is -2.42. The molecular weight excluding hydrogens is 314 g/mol. The molecule has 0 saturated carbocycles. The van der Waals surface area contributed by atoms with Crippen LogP contribution in [0, 0.1) is 11.8 Å². The number of aromatic carboxylic acids is 1. The highest BCUT2D eigenvalue weighted by Crippen LogP contribution is 2.25. The van der Waals surface area contributed by atoms with Crippen LogP contribution in [0.2, 0.25) is 0 Å². The first-order valence-electron chi connectivity index (χ1n) is 8.88. The Hall–Kier alpha value is -2.36. The summed E-state index contributed by atoms with van der Waals surface area (Å²) < 4.78 is 0. The Morgan fingerprint density at radius 2 is 1.76 bits per heavy atom. The van der Waals surface area contributed by atoms with Crippen molar-refractivity contribution >= 4 is 11.9 Å². The van der Waals surface area contributed by atoms with Gasteiger partial charge in [0.25, 0.3) is 0 Å². The van der Waals surface area contributed by atoms with E-state index in [1.807, 2.05) is 17.0 Å². The summed E-state index contributed by atoms with van der Waals surface area (Å²) >= 11 is 0. The summed E-state index contributed by atoms with van der Waals surface area (Å²) in [5.41, 5.74) is 1.27. The first-order chi connectivity index (χ1) is 12.1. The second-order valence-electron chi connectivity index (χ2n) is 6.68. The molecule has 0 spiro atoms. The van der Waals surface area contributed by atoms with Crippen LogP contribution in [0.15, 0.2) is 49.6 Å². The molecule has 0 radical (unpaired) electrons. The first kappa shape index (κ1) is 19.0. The van der Waals surface area contributed by atoms with Gasteiger partial charge in [-0.2, -0.15) is 0 Å². The summed E-state index contributed by atoms with van der Waals surface area (Å²) in [5.74, 6) is -0.329. The van der Waals surface area contributed by atoms with E-state index in [2.05, 4.69) is 13.2 Å². The summed E-state index contributed by atoms with van der Waals surface area (Å²) in [6, 6.07) is 7.19. The minimum atomic E-state index is -0.875. The predicted octanol–water partition coefficient (Wildman–Crippen LogP) is 3.93. The number of carboxylic acids is 1. The lowest BCUT2D eigenvalue weighted by Gasteiger charge is -2.34. The Morgan fingerprint density at radius 3 is 2.32 bits per heavy atom. The fraction of sp³-hybridized carbons (Fsp3) is 0.429. The molecule has 0 bridgehead atoms.